The van der Waals surface area contributed by atoms with Crippen LogP contribution in [0.2, 0.25) is 0 Å². The number of aromatic nitrogens is 3. The van der Waals surface area contributed by atoms with Crippen molar-refractivity contribution in [2.75, 3.05) is 5.32 Å². The molecule has 4 rings (SSSR count). The first-order valence-electron chi connectivity index (χ1n) is 7.11. The summed E-state index contributed by atoms with van der Waals surface area (Å²) in [7, 11) is 0. The molecule has 3 aromatic rings. The van der Waals surface area contributed by atoms with Gasteiger partial charge in [0.1, 0.15) is 5.69 Å². The number of imidazole rings is 1. The van der Waals surface area contributed by atoms with Crippen molar-refractivity contribution in [3.63, 3.8) is 0 Å². The number of alkyl halides is 2. The molecule has 0 spiro atoms. The van der Waals surface area contributed by atoms with Crippen molar-refractivity contribution < 1.29 is 27.8 Å². The fourth-order valence-electron chi connectivity index (χ4n) is 2.42. The number of ether oxygens (including phenoxy) is 2. The molecule has 0 aliphatic carbocycles. The lowest BCUT2D eigenvalue weighted by molar-refractivity contribution is -0.286. The Bertz CT molecular complexity index is 979. The number of nitrogens with one attached hydrogen (secondary N) is 3. The summed E-state index contributed by atoms with van der Waals surface area (Å²) in [6.07, 6.45) is -2.28. The highest BCUT2D eigenvalue weighted by molar-refractivity contribution is 6.05. The van der Waals surface area contributed by atoms with Gasteiger partial charge in [-0.05, 0) is 13.0 Å². The van der Waals surface area contributed by atoms with Gasteiger partial charge in [0, 0.05) is 23.9 Å². The second-order valence-electron chi connectivity index (χ2n) is 5.38. The molecule has 0 saturated heterocycles. The van der Waals surface area contributed by atoms with Crippen LogP contribution in [0.25, 0.3) is 11.0 Å². The lowest BCUT2D eigenvalue weighted by Crippen LogP contribution is -2.25. The smallest absolute Gasteiger partial charge is 0.395 e. The molecule has 0 atom stereocenters. The highest BCUT2D eigenvalue weighted by atomic mass is 19.3. The lowest BCUT2D eigenvalue weighted by Gasteiger charge is -2.04. The molecule has 0 bridgehead atoms. The number of fused-ring (bicyclic) bond motifs is 2. The minimum atomic E-state index is -3.71. The molecule has 1 aliphatic rings. The van der Waals surface area contributed by atoms with Gasteiger partial charge in [-0.2, -0.15) is 0 Å². The number of hydrogen-bond donors (Lipinski definition) is 3. The number of aromatic amines is 2. The van der Waals surface area contributed by atoms with Crippen LogP contribution in [0, 0.1) is 0 Å². The highest BCUT2D eigenvalue weighted by Crippen LogP contribution is 2.42. The summed E-state index contributed by atoms with van der Waals surface area (Å²) in [5.74, 6) is -0.857. The molecule has 0 fully saturated rings. The first-order chi connectivity index (χ1) is 11.8. The number of carbonyl (C=O) groups is 2. The zero-order valence-electron chi connectivity index (χ0n) is 12.6. The minimum Gasteiger partial charge on any atom is -0.395 e. The molecule has 0 radical (unpaired) electrons. The standard InChI is InChI=1S/C15H10F2N4O4/c1-6(22)7-2-10(18-5-7)13(23)21-14-19-8-3-11-12(4-9(8)20-14)25-15(16,17)24-11/h2-5,18H,1H3,(H2,19,20,21,23). The molecule has 3 N–H and O–H groups in total. The Labute approximate surface area is 138 Å². The van der Waals surface area contributed by atoms with E-state index in [0.29, 0.717) is 16.6 Å². The third-order valence-electron chi connectivity index (χ3n) is 3.57. The van der Waals surface area contributed by atoms with E-state index >= 15 is 0 Å². The fourth-order valence-corrected chi connectivity index (χ4v) is 2.42. The van der Waals surface area contributed by atoms with Gasteiger partial charge in [0.2, 0.25) is 5.95 Å². The molecule has 0 unspecified atom stereocenters. The van der Waals surface area contributed by atoms with Crippen LogP contribution < -0.4 is 14.8 Å². The normalized spacial score (nSPS) is 14.7. The quantitative estimate of drug-likeness (QED) is 0.631. The first kappa shape index (κ1) is 15.1. The Morgan fingerprint density at radius 1 is 1.20 bits per heavy atom. The summed E-state index contributed by atoms with van der Waals surface area (Å²) in [5.41, 5.74) is 1.25. The Kier molecular flexibility index (Phi) is 3.04. The Morgan fingerprint density at radius 3 is 2.60 bits per heavy atom. The van der Waals surface area contributed by atoms with Crippen LogP contribution in [0.1, 0.15) is 27.8 Å². The molecule has 25 heavy (non-hydrogen) atoms. The second-order valence-corrected chi connectivity index (χ2v) is 5.38. The number of H-pyrrole nitrogens is 2. The van der Waals surface area contributed by atoms with Gasteiger partial charge in [-0.1, -0.05) is 0 Å². The molecule has 2 aromatic heterocycles. The number of amides is 1. The van der Waals surface area contributed by atoms with E-state index in [9.17, 15) is 18.4 Å². The number of halogens is 2. The maximum atomic E-state index is 13.0. The number of ketones is 1. The zero-order valence-corrected chi connectivity index (χ0v) is 12.6. The van der Waals surface area contributed by atoms with Crippen LogP contribution in [0.3, 0.4) is 0 Å². The summed E-state index contributed by atoms with van der Waals surface area (Å²) in [6.45, 7) is 1.39. The van der Waals surface area contributed by atoms with Crippen molar-refractivity contribution in [2.45, 2.75) is 13.2 Å². The maximum absolute atomic E-state index is 13.0. The van der Waals surface area contributed by atoms with Gasteiger partial charge in [-0.25, -0.2) is 4.98 Å². The van der Waals surface area contributed by atoms with Gasteiger partial charge >= 0.3 is 6.29 Å². The first-order valence-corrected chi connectivity index (χ1v) is 7.11. The summed E-state index contributed by atoms with van der Waals surface area (Å²) in [6, 6.07) is 4.00. The third kappa shape index (κ3) is 2.67. The number of rotatable bonds is 3. The molecular formula is C15H10F2N4O4. The summed E-state index contributed by atoms with van der Waals surface area (Å²) < 4.78 is 34.8. The van der Waals surface area contributed by atoms with E-state index in [4.69, 9.17) is 0 Å². The summed E-state index contributed by atoms with van der Waals surface area (Å²) in [4.78, 5) is 33.0. The van der Waals surface area contributed by atoms with Crippen LogP contribution in [-0.2, 0) is 0 Å². The Balaban J connectivity index is 1.58. The number of carbonyl (C=O) groups excluding carboxylic acids is 2. The summed E-state index contributed by atoms with van der Waals surface area (Å²) in [5, 5.41) is 2.51. The molecule has 8 nitrogen and oxygen atoms in total. The monoisotopic (exact) mass is 348 g/mol. The second kappa shape index (κ2) is 5.03. The molecular weight excluding hydrogens is 338 g/mol. The average Bonchev–Trinajstić information content (AvgIpc) is 3.18. The highest BCUT2D eigenvalue weighted by Gasteiger charge is 2.43. The number of hydrogen-bond acceptors (Lipinski definition) is 5. The topological polar surface area (TPSA) is 109 Å². The molecule has 0 saturated carbocycles. The van der Waals surface area contributed by atoms with Gasteiger partial charge in [0.15, 0.2) is 17.3 Å². The minimum absolute atomic E-state index is 0.106. The van der Waals surface area contributed by atoms with E-state index in [0.717, 1.165) is 0 Å². The maximum Gasteiger partial charge on any atom is 0.586 e. The van der Waals surface area contributed by atoms with Crippen molar-refractivity contribution >= 4 is 28.7 Å². The number of nitrogens with zero attached hydrogens (tertiary/aromatic N) is 1. The molecule has 1 aliphatic heterocycles. The molecule has 3 heterocycles. The lowest BCUT2D eigenvalue weighted by atomic mass is 10.2. The molecule has 1 aromatic carbocycles. The van der Waals surface area contributed by atoms with Crippen LogP contribution in [0.4, 0.5) is 14.7 Å². The molecule has 128 valence electrons. The van der Waals surface area contributed by atoms with Gasteiger partial charge in [-0.3, -0.25) is 14.9 Å². The van der Waals surface area contributed by atoms with Crippen molar-refractivity contribution in [1.29, 1.82) is 0 Å². The van der Waals surface area contributed by atoms with Gasteiger partial charge in [-0.15, -0.1) is 8.78 Å². The fraction of sp³-hybridized carbons (Fsp3) is 0.133. The number of anilines is 1. The SMILES string of the molecule is CC(=O)c1c[nH]c(C(=O)Nc2nc3cc4c(cc3[nH]2)OC(F)(F)O4)c1. The van der Waals surface area contributed by atoms with E-state index in [2.05, 4.69) is 29.7 Å². The van der Waals surface area contributed by atoms with Crippen molar-refractivity contribution in [3.8, 4) is 11.5 Å². The Morgan fingerprint density at radius 2 is 1.92 bits per heavy atom. The van der Waals surface area contributed by atoms with Crippen LogP contribution in [0.5, 0.6) is 11.5 Å². The number of Topliss-reactive ketones (excluding diaryl/α,β-unsaturated/α-hetero) is 1. The summed E-state index contributed by atoms with van der Waals surface area (Å²) >= 11 is 0. The van der Waals surface area contributed by atoms with Gasteiger partial charge < -0.3 is 19.4 Å². The average molecular weight is 348 g/mol. The molecule has 1 amide bonds. The Hall–Kier alpha value is -3.43. The predicted molar refractivity (Wildman–Crippen MR) is 81.0 cm³/mol. The third-order valence-corrected chi connectivity index (χ3v) is 3.57. The largest absolute Gasteiger partial charge is 0.586 e. The van der Waals surface area contributed by atoms with Crippen molar-refractivity contribution in [2.24, 2.45) is 0 Å². The van der Waals surface area contributed by atoms with E-state index in [-0.39, 0.29) is 28.9 Å². The molecule has 10 heteroatoms. The van der Waals surface area contributed by atoms with E-state index in [1.807, 2.05) is 0 Å². The van der Waals surface area contributed by atoms with Crippen LogP contribution >= 0.6 is 0 Å². The van der Waals surface area contributed by atoms with Crippen molar-refractivity contribution in [3.05, 3.63) is 35.7 Å². The predicted octanol–water partition coefficient (Wildman–Crippen LogP) is 2.67. The van der Waals surface area contributed by atoms with E-state index < -0.39 is 12.2 Å². The van der Waals surface area contributed by atoms with Crippen LogP contribution in [-0.4, -0.2) is 32.9 Å². The van der Waals surface area contributed by atoms with E-state index in [1.165, 1.54) is 31.3 Å². The number of benzene rings is 1. The zero-order chi connectivity index (χ0) is 17.8. The van der Waals surface area contributed by atoms with Gasteiger partial charge in [0.05, 0.1) is 11.0 Å². The van der Waals surface area contributed by atoms with E-state index in [1.54, 1.807) is 0 Å². The van der Waals surface area contributed by atoms with Crippen LogP contribution in [0.15, 0.2) is 24.4 Å². The van der Waals surface area contributed by atoms with Crippen molar-refractivity contribution in [1.82, 2.24) is 15.0 Å². The van der Waals surface area contributed by atoms with Gasteiger partial charge in [0.25, 0.3) is 5.91 Å².